The summed E-state index contributed by atoms with van der Waals surface area (Å²) in [6.45, 7) is 1.09. The molecular weight excluding hydrogens is 320 g/mol. The van der Waals surface area contributed by atoms with Gasteiger partial charge in [0.05, 0.1) is 17.3 Å². The smallest absolute Gasteiger partial charge is 0.335 e. The summed E-state index contributed by atoms with van der Waals surface area (Å²) in [6.07, 6.45) is 4.77. The zero-order valence-corrected chi connectivity index (χ0v) is 14.2. The molecule has 0 bridgehead atoms. The highest BCUT2D eigenvalue weighted by atomic mass is 16.4. The molecule has 1 aromatic heterocycles. The summed E-state index contributed by atoms with van der Waals surface area (Å²) in [4.78, 5) is 25.4. The van der Waals surface area contributed by atoms with Crippen molar-refractivity contribution >= 4 is 12.0 Å². The molecule has 1 fully saturated rings. The standard InChI is InChI=1S/C18H22N4O3/c1-21-15(9-10-20-21)16-4-2-3-11-22(16)18(25)19-12-13-5-7-14(8-6-13)17(23)24/h5-10,16H,2-4,11-12H2,1H3,(H,19,25)(H,23,24). The van der Waals surface area contributed by atoms with Gasteiger partial charge in [0.25, 0.3) is 0 Å². The molecule has 0 spiro atoms. The van der Waals surface area contributed by atoms with Gasteiger partial charge in [0.15, 0.2) is 0 Å². The van der Waals surface area contributed by atoms with Gasteiger partial charge in [-0.1, -0.05) is 12.1 Å². The van der Waals surface area contributed by atoms with Crippen LogP contribution in [0.4, 0.5) is 4.79 Å². The van der Waals surface area contributed by atoms with E-state index in [9.17, 15) is 9.59 Å². The van der Waals surface area contributed by atoms with E-state index in [-0.39, 0.29) is 17.6 Å². The Labute approximate surface area is 146 Å². The molecule has 3 rings (SSSR count). The zero-order chi connectivity index (χ0) is 17.8. The van der Waals surface area contributed by atoms with Crippen molar-refractivity contribution in [2.75, 3.05) is 6.54 Å². The minimum absolute atomic E-state index is 0.0376. The number of aryl methyl sites for hydroxylation is 1. The van der Waals surface area contributed by atoms with Crippen LogP contribution < -0.4 is 5.32 Å². The largest absolute Gasteiger partial charge is 0.478 e. The van der Waals surface area contributed by atoms with E-state index in [1.807, 2.05) is 22.7 Å². The summed E-state index contributed by atoms with van der Waals surface area (Å²) >= 11 is 0. The fourth-order valence-corrected chi connectivity index (χ4v) is 3.24. The number of urea groups is 1. The van der Waals surface area contributed by atoms with Gasteiger partial charge < -0.3 is 15.3 Å². The number of aromatic carboxylic acids is 1. The molecule has 2 aromatic rings. The van der Waals surface area contributed by atoms with Crippen molar-refractivity contribution < 1.29 is 14.7 Å². The molecule has 2 heterocycles. The minimum Gasteiger partial charge on any atom is -0.478 e. The van der Waals surface area contributed by atoms with Crippen molar-refractivity contribution in [3.05, 3.63) is 53.3 Å². The lowest BCUT2D eigenvalue weighted by molar-refractivity contribution is 0.0697. The number of carbonyl (C=O) groups excluding carboxylic acids is 1. The van der Waals surface area contributed by atoms with E-state index < -0.39 is 5.97 Å². The van der Waals surface area contributed by atoms with Gasteiger partial charge in [-0.3, -0.25) is 4.68 Å². The highest BCUT2D eigenvalue weighted by Gasteiger charge is 2.29. The molecule has 1 aliphatic heterocycles. The molecule has 0 saturated carbocycles. The van der Waals surface area contributed by atoms with Crippen LogP contribution in [-0.4, -0.2) is 38.3 Å². The normalized spacial score (nSPS) is 17.3. The Balaban J connectivity index is 1.64. The first kappa shape index (κ1) is 17.0. The Morgan fingerprint density at radius 2 is 2.00 bits per heavy atom. The highest BCUT2D eigenvalue weighted by Crippen LogP contribution is 2.30. The number of piperidine rings is 1. The maximum Gasteiger partial charge on any atom is 0.335 e. The second-order valence-electron chi connectivity index (χ2n) is 6.25. The SMILES string of the molecule is Cn1nccc1C1CCCCN1C(=O)NCc1ccc(C(=O)O)cc1. The predicted molar refractivity (Wildman–Crippen MR) is 92.1 cm³/mol. The molecule has 2 amide bonds. The van der Waals surface area contributed by atoms with Crippen molar-refractivity contribution in [2.24, 2.45) is 7.05 Å². The van der Waals surface area contributed by atoms with Gasteiger partial charge in [0, 0.05) is 26.3 Å². The number of nitrogens with zero attached hydrogens (tertiary/aromatic N) is 3. The van der Waals surface area contributed by atoms with Crippen LogP contribution in [0.15, 0.2) is 36.5 Å². The lowest BCUT2D eigenvalue weighted by Gasteiger charge is -2.35. The van der Waals surface area contributed by atoms with Crippen LogP contribution in [0.25, 0.3) is 0 Å². The lowest BCUT2D eigenvalue weighted by Crippen LogP contribution is -2.44. The van der Waals surface area contributed by atoms with Crippen LogP contribution in [0, 0.1) is 0 Å². The number of likely N-dealkylation sites (tertiary alicyclic amines) is 1. The first-order chi connectivity index (χ1) is 12.1. The van der Waals surface area contributed by atoms with E-state index in [2.05, 4.69) is 10.4 Å². The van der Waals surface area contributed by atoms with Gasteiger partial charge in [-0.2, -0.15) is 5.10 Å². The molecule has 132 valence electrons. The molecule has 0 aliphatic carbocycles. The second kappa shape index (κ2) is 7.38. The summed E-state index contributed by atoms with van der Waals surface area (Å²) in [7, 11) is 1.89. The Morgan fingerprint density at radius 3 is 2.64 bits per heavy atom. The van der Waals surface area contributed by atoms with Gasteiger partial charge in [-0.15, -0.1) is 0 Å². The monoisotopic (exact) mass is 342 g/mol. The number of rotatable bonds is 4. The van der Waals surface area contributed by atoms with Gasteiger partial charge >= 0.3 is 12.0 Å². The molecular formula is C18H22N4O3. The van der Waals surface area contributed by atoms with Crippen LogP contribution in [0.3, 0.4) is 0 Å². The van der Waals surface area contributed by atoms with Crippen LogP contribution in [0.1, 0.15) is 46.9 Å². The van der Waals surface area contributed by atoms with Crippen LogP contribution >= 0.6 is 0 Å². The number of hydrogen-bond donors (Lipinski definition) is 2. The lowest BCUT2D eigenvalue weighted by atomic mass is 9.99. The second-order valence-corrected chi connectivity index (χ2v) is 6.25. The molecule has 25 heavy (non-hydrogen) atoms. The molecule has 1 aromatic carbocycles. The molecule has 1 atom stereocenters. The number of hydrogen-bond acceptors (Lipinski definition) is 3. The van der Waals surface area contributed by atoms with Crippen LogP contribution in [0.5, 0.6) is 0 Å². The quantitative estimate of drug-likeness (QED) is 0.894. The summed E-state index contributed by atoms with van der Waals surface area (Å²) in [5.41, 5.74) is 2.15. The number of amides is 2. The van der Waals surface area contributed by atoms with Crippen LogP contribution in [-0.2, 0) is 13.6 Å². The third-order valence-corrected chi connectivity index (χ3v) is 4.61. The predicted octanol–water partition coefficient (Wildman–Crippen LogP) is 2.56. The fourth-order valence-electron chi connectivity index (χ4n) is 3.24. The molecule has 7 heteroatoms. The summed E-state index contributed by atoms with van der Waals surface area (Å²) in [5.74, 6) is -0.956. The number of nitrogens with one attached hydrogen (secondary N) is 1. The summed E-state index contributed by atoms with van der Waals surface area (Å²) < 4.78 is 1.82. The van der Waals surface area contributed by atoms with E-state index in [0.717, 1.165) is 37.1 Å². The number of carbonyl (C=O) groups is 2. The Hall–Kier alpha value is -2.83. The molecule has 0 radical (unpaired) electrons. The highest BCUT2D eigenvalue weighted by molar-refractivity contribution is 5.87. The first-order valence-electron chi connectivity index (χ1n) is 8.41. The van der Waals surface area contributed by atoms with E-state index >= 15 is 0 Å². The van der Waals surface area contributed by atoms with Gasteiger partial charge in [0.2, 0.25) is 0 Å². The maximum absolute atomic E-state index is 12.7. The van der Waals surface area contributed by atoms with Crippen molar-refractivity contribution in [3.63, 3.8) is 0 Å². The van der Waals surface area contributed by atoms with Gasteiger partial charge in [-0.05, 0) is 43.0 Å². The maximum atomic E-state index is 12.7. The molecule has 1 unspecified atom stereocenters. The number of carboxylic acids is 1. The van der Waals surface area contributed by atoms with Crippen molar-refractivity contribution in [3.8, 4) is 0 Å². The van der Waals surface area contributed by atoms with Crippen molar-refractivity contribution in [1.29, 1.82) is 0 Å². The third kappa shape index (κ3) is 3.81. The van der Waals surface area contributed by atoms with E-state index in [0.29, 0.717) is 6.54 Å². The third-order valence-electron chi connectivity index (χ3n) is 4.61. The molecule has 2 N–H and O–H groups in total. The zero-order valence-electron chi connectivity index (χ0n) is 14.2. The molecule has 1 saturated heterocycles. The van der Waals surface area contributed by atoms with Gasteiger partial charge in [-0.25, -0.2) is 9.59 Å². The molecule has 7 nitrogen and oxygen atoms in total. The molecule has 1 aliphatic rings. The number of benzene rings is 1. The Kier molecular flexibility index (Phi) is 5.02. The van der Waals surface area contributed by atoms with Crippen molar-refractivity contribution in [1.82, 2.24) is 20.0 Å². The fraction of sp³-hybridized carbons (Fsp3) is 0.389. The van der Waals surface area contributed by atoms with E-state index in [1.54, 1.807) is 30.5 Å². The average molecular weight is 342 g/mol. The van der Waals surface area contributed by atoms with E-state index in [4.69, 9.17) is 5.11 Å². The van der Waals surface area contributed by atoms with Crippen LogP contribution in [0.2, 0.25) is 0 Å². The first-order valence-corrected chi connectivity index (χ1v) is 8.41. The van der Waals surface area contributed by atoms with Crippen molar-refractivity contribution in [2.45, 2.75) is 31.8 Å². The summed E-state index contributed by atoms with van der Waals surface area (Å²) in [6, 6.07) is 8.42. The average Bonchev–Trinajstić information content (AvgIpc) is 3.06. The van der Waals surface area contributed by atoms with E-state index in [1.165, 1.54) is 0 Å². The van der Waals surface area contributed by atoms with Gasteiger partial charge in [0.1, 0.15) is 0 Å². The Bertz CT molecular complexity index is 754. The summed E-state index contributed by atoms with van der Waals surface area (Å²) in [5, 5.41) is 16.1. The number of carboxylic acid groups (broad SMARTS) is 1. The number of aromatic nitrogens is 2. The minimum atomic E-state index is -0.956. The Morgan fingerprint density at radius 1 is 1.24 bits per heavy atom. The topological polar surface area (TPSA) is 87.5 Å².